The van der Waals surface area contributed by atoms with E-state index in [1.807, 2.05) is 29.1 Å². The molecule has 0 bridgehead atoms. The summed E-state index contributed by atoms with van der Waals surface area (Å²) in [4.78, 5) is 24.3. The number of ether oxygens (including phenoxy) is 1. The standard InChI is InChI=1S/C20H16F2N2O3/c1-13(19(25)23-18-16(21)5-4-6-17(18)22)27-20(26)14-7-9-15(10-8-14)24-11-2-3-12-24/h2-13H,1H3,(H,23,25). The van der Waals surface area contributed by atoms with Gasteiger partial charge in [0.05, 0.1) is 5.56 Å². The number of amides is 1. The fourth-order valence-electron chi connectivity index (χ4n) is 2.40. The SMILES string of the molecule is CC(OC(=O)c1ccc(-n2cccc2)cc1)C(=O)Nc1c(F)cccc1F. The predicted molar refractivity (Wildman–Crippen MR) is 95.6 cm³/mol. The van der Waals surface area contributed by atoms with Crippen molar-refractivity contribution < 1.29 is 23.1 Å². The van der Waals surface area contributed by atoms with Crippen LogP contribution in [0.1, 0.15) is 17.3 Å². The third-order valence-electron chi connectivity index (χ3n) is 3.87. The van der Waals surface area contributed by atoms with Crippen LogP contribution in [0.25, 0.3) is 5.69 Å². The Morgan fingerprint density at radius 1 is 0.963 bits per heavy atom. The van der Waals surface area contributed by atoms with Crippen molar-refractivity contribution in [2.24, 2.45) is 0 Å². The zero-order valence-electron chi connectivity index (χ0n) is 14.4. The van der Waals surface area contributed by atoms with Gasteiger partial charge in [-0.05, 0) is 55.5 Å². The quantitative estimate of drug-likeness (QED) is 0.692. The molecule has 1 amide bonds. The van der Waals surface area contributed by atoms with Crippen LogP contribution in [0.5, 0.6) is 0 Å². The van der Waals surface area contributed by atoms with E-state index in [9.17, 15) is 18.4 Å². The van der Waals surface area contributed by atoms with Gasteiger partial charge < -0.3 is 14.6 Å². The van der Waals surface area contributed by atoms with Crippen LogP contribution in [-0.2, 0) is 9.53 Å². The largest absolute Gasteiger partial charge is 0.449 e. The smallest absolute Gasteiger partial charge is 0.338 e. The zero-order chi connectivity index (χ0) is 19.4. The topological polar surface area (TPSA) is 60.3 Å². The molecule has 0 aliphatic rings. The first kappa shape index (κ1) is 18.3. The summed E-state index contributed by atoms with van der Waals surface area (Å²) >= 11 is 0. The molecular weight excluding hydrogens is 354 g/mol. The Balaban J connectivity index is 1.64. The average molecular weight is 370 g/mol. The molecule has 0 aliphatic carbocycles. The molecule has 0 saturated heterocycles. The minimum Gasteiger partial charge on any atom is -0.449 e. The molecule has 0 saturated carbocycles. The number of nitrogens with zero attached hydrogens (tertiary/aromatic N) is 1. The van der Waals surface area contributed by atoms with E-state index in [0.717, 1.165) is 17.8 Å². The Kier molecular flexibility index (Phi) is 5.30. The Morgan fingerprint density at radius 3 is 2.15 bits per heavy atom. The Hall–Kier alpha value is -3.48. The van der Waals surface area contributed by atoms with Crippen LogP contribution in [0.15, 0.2) is 67.0 Å². The monoisotopic (exact) mass is 370 g/mol. The van der Waals surface area contributed by atoms with E-state index >= 15 is 0 Å². The van der Waals surface area contributed by atoms with Crippen LogP contribution in [0.3, 0.4) is 0 Å². The molecule has 138 valence electrons. The molecule has 2 aromatic carbocycles. The van der Waals surface area contributed by atoms with Gasteiger partial charge in [-0.1, -0.05) is 6.07 Å². The maximum Gasteiger partial charge on any atom is 0.338 e. The molecule has 0 radical (unpaired) electrons. The van der Waals surface area contributed by atoms with E-state index in [1.54, 1.807) is 24.3 Å². The van der Waals surface area contributed by atoms with Crippen molar-refractivity contribution in [1.82, 2.24) is 4.57 Å². The Bertz CT molecular complexity index is 934. The summed E-state index contributed by atoms with van der Waals surface area (Å²) in [5, 5.41) is 2.09. The number of hydrogen-bond acceptors (Lipinski definition) is 3. The van der Waals surface area contributed by atoms with Crippen molar-refractivity contribution in [3.63, 3.8) is 0 Å². The summed E-state index contributed by atoms with van der Waals surface area (Å²) in [6.45, 7) is 1.32. The van der Waals surface area contributed by atoms with Gasteiger partial charge in [0.15, 0.2) is 6.10 Å². The number of para-hydroxylation sites is 1. The summed E-state index contributed by atoms with van der Waals surface area (Å²) in [6, 6.07) is 13.6. The van der Waals surface area contributed by atoms with Crippen molar-refractivity contribution >= 4 is 17.6 Å². The second-order valence-electron chi connectivity index (χ2n) is 5.77. The minimum absolute atomic E-state index is 0.252. The summed E-state index contributed by atoms with van der Waals surface area (Å²) in [5.74, 6) is -3.38. The van der Waals surface area contributed by atoms with Crippen LogP contribution >= 0.6 is 0 Å². The summed E-state index contributed by atoms with van der Waals surface area (Å²) < 4.78 is 34.1. The van der Waals surface area contributed by atoms with Crippen molar-refractivity contribution in [3.8, 4) is 5.69 Å². The van der Waals surface area contributed by atoms with E-state index in [2.05, 4.69) is 5.32 Å². The van der Waals surface area contributed by atoms with Gasteiger partial charge in [-0.15, -0.1) is 0 Å². The lowest BCUT2D eigenvalue weighted by Gasteiger charge is -2.14. The minimum atomic E-state index is -1.24. The molecular formula is C20H16F2N2O3. The van der Waals surface area contributed by atoms with Crippen molar-refractivity contribution in [2.45, 2.75) is 13.0 Å². The second kappa shape index (κ2) is 7.82. The molecule has 5 nitrogen and oxygen atoms in total. The number of benzene rings is 2. The summed E-state index contributed by atoms with van der Waals surface area (Å²) in [5.41, 5.74) is 0.529. The van der Waals surface area contributed by atoms with E-state index in [0.29, 0.717) is 0 Å². The third kappa shape index (κ3) is 4.20. The van der Waals surface area contributed by atoms with Crippen LogP contribution in [0, 0.1) is 11.6 Å². The van der Waals surface area contributed by atoms with Gasteiger partial charge in [0, 0.05) is 18.1 Å². The third-order valence-corrected chi connectivity index (χ3v) is 3.87. The van der Waals surface area contributed by atoms with Crippen molar-refractivity contribution in [3.05, 3.63) is 84.2 Å². The highest BCUT2D eigenvalue weighted by Gasteiger charge is 2.21. The van der Waals surface area contributed by atoms with Crippen LogP contribution in [0.2, 0.25) is 0 Å². The molecule has 3 rings (SSSR count). The molecule has 27 heavy (non-hydrogen) atoms. The predicted octanol–water partition coefficient (Wildman–Crippen LogP) is 3.94. The van der Waals surface area contributed by atoms with E-state index < -0.39 is 35.3 Å². The lowest BCUT2D eigenvalue weighted by Crippen LogP contribution is -2.30. The molecule has 1 heterocycles. The number of carbonyl (C=O) groups is 2. The Labute approximate surface area is 154 Å². The molecule has 3 aromatic rings. The van der Waals surface area contributed by atoms with E-state index in [-0.39, 0.29) is 5.56 Å². The molecule has 0 fully saturated rings. The van der Waals surface area contributed by atoms with E-state index in [4.69, 9.17) is 4.74 Å². The van der Waals surface area contributed by atoms with Gasteiger partial charge >= 0.3 is 5.97 Å². The fourth-order valence-corrected chi connectivity index (χ4v) is 2.40. The molecule has 1 N–H and O–H groups in total. The molecule has 0 spiro atoms. The van der Waals surface area contributed by atoms with Crippen LogP contribution in [0.4, 0.5) is 14.5 Å². The zero-order valence-corrected chi connectivity index (χ0v) is 14.4. The first-order valence-corrected chi connectivity index (χ1v) is 8.15. The number of halogens is 2. The van der Waals surface area contributed by atoms with Gasteiger partial charge in [0.25, 0.3) is 5.91 Å². The number of carbonyl (C=O) groups excluding carboxylic acids is 2. The van der Waals surface area contributed by atoms with Crippen molar-refractivity contribution in [2.75, 3.05) is 5.32 Å². The van der Waals surface area contributed by atoms with Gasteiger partial charge in [-0.2, -0.15) is 0 Å². The number of anilines is 1. The number of aromatic nitrogens is 1. The molecule has 1 unspecified atom stereocenters. The van der Waals surface area contributed by atoms with Gasteiger partial charge in [0.2, 0.25) is 0 Å². The van der Waals surface area contributed by atoms with Crippen LogP contribution in [-0.4, -0.2) is 22.5 Å². The Morgan fingerprint density at radius 2 is 1.56 bits per heavy atom. The molecule has 0 aliphatic heterocycles. The average Bonchev–Trinajstić information content (AvgIpc) is 3.19. The molecule has 7 heteroatoms. The summed E-state index contributed by atoms with van der Waals surface area (Å²) in [6.07, 6.45) is 2.49. The highest BCUT2D eigenvalue weighted by molar-refractivity contribution is 5.97. The normalized spacial score (nSPS) is 11.7. The second-order valence-corrected chi connectivity index (χ2v) is 5.77. The first-order chi connectivity index (χ1) is 13.0. The van der Waals surface area contributed by atoms with Gasteiger partial charge in [-0.3, -0.25) is 4.79 Å². The van der Waals surface area contributed by atoms with Gasteiger partial charge in [-0.25, -0.2) is 13.6 Å². The summed E-state index contributed by atoms with van der Waals surface area (Å²) in [7, 11) is 0. The number of esters is 1. The first-order valence-electron chi connectivity index (χ1n) is 8.15. The van der Waals surface area contributed by atoms with Gasteiger partial charge in [0.1, 0.15) is 17.3 Å². The lowest BCUT2D eigenvalue weighted by atomic mass is 10.2. The number of nitrogens with one attached hydrogen (secondary N) is 1. The lowest BCUT2D eigenvalue weighted by molar-refractivity contribution is -0.123. The fraction of sp³-hybridized carbons (Fsp3) is 0.100. The highest BCUT2D eigenvalue weighted by Crippen LogP contribution is 2.19. The van der Waals surface area contributed by atoms with Crippen molar-refractivity contribution in [1.29, 1.82) is 0 Å². The molecule has 1 aromatic heterocycles. The maximum absolute atomic E-state index is 13.6. The van der Waals surface area contributed by atoms with E-state index in [1.165, 1.54) is 13.0 Å². The van der Waals surface area contributed by atoms with Crippen LogP contribution < -0.4 is 5.32 Å². The highest BCUT2D eigenvalue weighted by atomic mass is 19.1. The number of hydrogen-bond donors (Lipinski definition) is 1. The molecule has 1 atom stereocenters. The maximum atomic E-state index is 13.6. The number of rotatable bonds is 5.